The lowest BCUT2D eigenvalue weighted by atomic mass is 10.1. The van der Waals surface area contributed by atoms with Gasteiger partial charge in [0, 0.05) is 5.92 Å². The van der Waals surface area contributed by atoms with Crippen LogP contribution in [0.3, 0.4) is 0 Å². The van der Waals surface area contributed by atoms with Crippen LogP contribution < -0.4 is 0 Å². The van der Waals surface area contributed by atoms with Gasteiger partial charge in [-0.2, -0.15) is 0 Å². The molecule has 0 aliphatic heterocycles. The van der Waals surface area contributed by atoms with Gasteiger partial charge in [0.25, 0.3) is 0 Å². The van der Waals surface area contributed by atoms with Gasteiger partial charge in [0.2, 0.25) is 0 Å². The van der Waals surface area contributed by atoms with Crippen LogP contribution in [0.25, 0.3) is 0 Å². The zero-order valence-corrected chi connectivity index (χ0v) is 7.17. The van der Waals surface area contributed by atoms with E-state index in [2.05, 4.69) is 0 Å². The first kappa shape index (κ1) is 10.5. The Hall–Kier alpha value is -0.540. The Morgan fingerprint density at radius 1 is 1.55 bits per heavy atom. The molecular weight excluding hydrogens is 168 g/mol. The maximum Gasteiger partial charge on any atom is 0.346 e. The highest BCUT2D eigenvalue weighted by Gasteiger charge is 2.09. The quantitative estimate of drug-likeness (QED) is 0.639. The number of aliphatic carboxylic acids is 1. The van der Waals surface area contributed by atoms with Crippen LogP contribution in [0.2, 0.25) is 0 Å². The number of hydrogen-bond donors (Lipinski definition) is 2. The molecule has 0 fully saturated rings. The first-order chi connectivity index (χ1) is 4.95. The van der Waals surface area contributed by atoms with Crippen molar-refractivity contribution in [2.45, 2.75) is 20.0 Å². The Balaban J connectivity index is 4.19. The van der Waals surface area contributed by atoms with Gasteiger partial charge in [0.05, 0.1) is 6.10 Å². The molecular formula is C7H11ClO3. The van der Waals surface area contributed by atoms with Crippen molar-refractivity contribution in [1.29, 1.82) is 0 Å². The van der Waals surface area contributed by atoms with Crippen molar-refractivity contribution in [1.82, 2.24) is 0 Å². The second-order valence-electron chi connectivity index (χ2n) is 2.42. The average Bonchev–Trinajstić information content (AvgIpc) is 1.87. The number of rotatable bonds is 3. The van der Waals surface area contributed by atoms with E-state index in [-0.39, 0.29) is 11.0 Å². The fourth-order valence-corrected chi connectivity index (χ4v) is 0.640. The van der Waals surface area contributed by atoms with E-state index in [1.807, 2.05) is 0 Å². The number of carboxylic acids is 1. The smallest absolute Gasteiger partial charge is 0.346 e. The standard InChI is InChI=1S/C7H11ClO3/c1-4(5(2)9)3-6(8)7(10)11/h3-5,9H,1-2H3,(H,10,11). The molecule has 64 valence electrons. The lowest BCUT2D eigenvalue weighted by molar-refractivity contribution is -0.131. The van der Waals surface area contributed by atoms with Gasteiger partial charge >= 0.3 is 5.97 Å². The predicted octanol–water partition coefficient (Wildman–Crippen LogP) is 1.21. The van der Waals surface area contributed by atoms with Crippen LogP contribution in [-0.4, -0.2) is 22.3 Å². The SMILES string of the molecule is CC(O)C(C)C=C(Cl)C(=O)O. The zero-order valence-electron chi connectivity index (χ0n) is 6.41. The minimum absolute atomic E-state index is 0.237. The van der Waals surface area contributed by atoms with E-state index in [4.69, 9.17) is 21.8 Å². The summed E-state index contributed by atoms with van der Waals surface area (Å²) in [5.74, 6) is -1.40. The normalized spacial score (nSPS) is 17.6. The Bertz CT molecular complexity index is 175. The summed E-state index contributed by atoms with van der Waals surface area (Å²) in [5.41, 5.74) is 0. The molecule has 0 rings (SSSR count). The molecule has 0 radical (unpaired) electrons. The monoisotopic (exact) mass is 178 g/mol. The van der Waals surface area contributed by atoms with Crippen LogP contribution in [0.5, 0.6) is 0 Å². The number of aliphatic hydroxyl groups is 1. The number of carboxylic acid groups (broad SMARTS) is 1. The molecule has 0 aliphatic rings. The van der Waals surface area contributed by atoms with Gasteiger partial charge in [-0.25, -0.2) is 4.79 Å². The summed E-state index contributed by atoms with van der Waals surface area (Å²) in [4.78, 5) is 10.2. The average molecular weight is 179 g/mol. The van der Waals surface area contributed by atoms with Gasteiger partial charge in [-0.15, -0.1) is 0 Å². The summed E-state index contributed by atoms with van der Waals surface area (Å²) in [6, 6.07) is 0. The summed E-state index contributed by atoms with van der Waals surface area (Å²) in [5, 5.41) is 17.0. The van der Waals surface area contributed by atoms with E-state index in [9.17, 15) is 4.79 Å². The summed E-state index contributed by atoms with van der Waals surface area (Å²) in [7, 11) is 0. The van der Waals surface area contributed by atoms with Gasteiger partial charge in [0.1, 0.15) is 5.03 Å². The minimum Gasteiger partial charge on any atom is -0.477 e. The van der Waals surface area contributed by atoms with Crippen LogP contribution in [0.1, 0.15) is 13.8 Å². The van der Waals surface area contributed by atoms with Crippen LogP contribution in [-0.2, 0) is 4.79 Å². The topological polar surface area (TPSA) is 57.5 Å². The fraction of sp³-hybridized carbons (Fsp3) is 0.571. The van der Waals surface area contributed by atoms with Gasteiger partial charge in [-0.3, -0.25) is 0 Å². The van der Waals surface area contributed by atoms with E-state index in [1.54, 1.807) is 13.8 Å². The second kappa shape index (κ2) is 4.36. The molecule has 0 spiro atoms. The molecule has 2 atom stereocenters. The largest absolute Gasteiger partial charge is 0.477 e. The third-order valence-corrected chi connectivity index (χ3v) is 1.66. The molecule has 0 aromatic heterocycles. The summed E-state index contributed by atoms with van der Waals surface area (Å²) < 4.78 is 0. The van der Waals surface area contributed by atoms with Crippen molar-refractivity contribution in [3.8, 4) is 0 Å². The molecule has 0 aromatic carbocycles. The van der Waals surface area contributed by atoms with Crippen molar-refractivity contribution in [3.05, 3.63) is 11.1 Å². The van der Waals surface area contributed by atoms with E-state index < -0.39 is 12.1 Å². The summed E-state index contributed by atoms with van der Waals surface area (Å²) in [6.07, 6.45) is 0.734. The predicted molar refractivity (Wildman–Crippen MR) is 42.4 cm³/mol. The van der Waals surface area contributed by atoms with Crippen molar-refractivity contribution in [3.63, 3.8) is 0 Å². The Kier molecular flexibility index (Phi) is 4.15. The molecule has 0 saturated carbocycles. The van der Waals surface area contributed by atoms with E-state index in [0.717, 1.165) is 0 Å². The number of halogens is 1. The molecule has 11 heavy (non-hydrogen) atoms. The molecule has 3 nitrogen and oxygen atoms in total. The van der Waals surface area contributed by atoms with Crippen molar-refractivity contribution < 1.29 is 15.0 Å². The molecule has 2 N–H and O–H groups in total. The van der Waals surface area contributed by atoms with Crippen LogP contribution in [0, 0.1) is 5.92 Å². The lowest BCUT2D eigenvalue weighted by Crippen LogP contribution is -2.11. The molecule has 0 saturated heterocycles. The Morgan fingerprint density at radius 3 is 2.27 bits per heavy atom. The molecule has 0 aromatic rings. The first-order valence-electron chi connectivity index (χ1n) is 3.23. The van der Waals surface area contributed by atoms with Gasteiger partial charge < -0.3 is 10.2 Å². The van der Waals surface area contributed by atoms with Gasteiger partial charge in [0.15, 0.2) is 0 Å². The van der Waals surface area contributed by atoms with E-state index in [0.29, 0.717) is 0 Å². The minimum atomic E-state index is -1.17. The first-order valence-corrected chi connectivity index (χ1v) is 3.61. The molecule has 0 amide bonds. The highest BCUT2D eigenvalue weighted by Crippen LogP contribution is 2.10. The Labute approximate surface area is 70.3 Å². The number of aliphatic hydroxyl groups excluding tert-OH is 1. The summed E-state index contributed by atoms with van der Waals surface area (Å²) >= 11 is 5.31. The number of carbonyl (C=O) groups is 1. The molecule has 0 bridgehead atoms. The third kappa shape index (κ3) is 4.01. The zero-order chi connectivity index (χ0) is 9.02. The van der Waals surface area contributed by atoms with Crippen molar-refractivity contribution in [2.24, 2.45) is 5.92 Å². The lowest BCUT2D eigenvalue weighted by Gasteiger charge is -2.08. The molecule has 4 heteroatoms. The number of hydrogen-bond acceptors (Lipinski definition) is 2. The van der Waals surface area contributed by atoms with Crippen LogP contribution in [0.15, 0.2) is 11.1 Å². The van der Waals surface area contributed by atoms with E-state index in [1.165, 1.54) is 6.08 Å². The fourth-order valence-electron chi connectivity index (χ4n) is 0.441. The maximum absolute atomic E-state index is 10.2. The molecule has 0 heterocycles. The van der Waals surface area contributed by atoms with Crippen molar-refractivity contribution >= 4 is 17.6 Å². The third-order valence-electron chi connectivity index (χ3n) is 1.37. The highest BCUT2D eigenvalue weighted by molar-refractivity contribution is 6.40. The van der Waals surface area contributed by atoms with E-state index >= 15 is 0 Å². The van der Waals surface area contributed by atoms with Gasteiger partial charge in [-0.1, -0.05) is 24.6 Å². The summed E-state index contributed by atoms with van der Waals surface area (Å²) in [6.45, 7) is 3.27. The van der Waals surface area contributed by atoms with Crippen LogP contribution >= 0.6 is 11.6 Å². The van der Waals surface area contributed by atoms with Gasteiger partial charge in [-0.05, 0) is 6.92 Å². The Morgan fingerprint density at radius 2 is 2.00 bits per heavy atom. The van der Waals surface area contributed by atoms with Crippen molar-refractivity contribution in [2.75, 3.05) is 0 Å². The van der Waals surface area contributed by atoms with Crippen LogP contribution in [0.4, 0.5) is 0 Å². The maximum atomic E-state index is 10.2. The molecule has 2 unspecified atom stereocenters. The molecule has 0 aliphatic carbocycles. The second-order valence-corrected chi connectivity index (χ2v) is 2.83. The highest BCUT2D eigenvalue weighted by atomic mass is 35.5.